The molecule has 4 heteroatoms. The second kappa shape index (κ2) is 3.79. The van der Waals surface area contributed by atoms with E-state index >= 15 is 0 Å². The SMILES string of the molecule is Nc1cc(-c2ccc(Cl)cc2)cc(N)n1. The van der Waals surface area contributed by atoms with Crippen LogP contribution in [0.3, 0.4) is 0 Å². The van der Waals surface area contributed by atoms with Gasteiger partial charge >= 0.3 is 0 Å². The highest BCUT2D eigenvalue weighted by Gasteiger charge is 2.00. The monoisotopic (exact) mass is 219 g/mol. The molecular formula is C11H10ClN3. The largest absolute Gasteiger partial charge is 0.384 e. The molecule has 0 radical (unpaired) electrons. The standard InChI is InChI=1S/C11H10ClN3/c12-9-3-1-7(2-4-9)8-5-10(13)15-11(14)6-8/h1-6H,(H4,13,14,15). The van der Waals surface area contributed by atoms with Gasteiger partial charge < -0.3 is 11.5 Å². The van der Waals surface area contributed by atoms with Crippen LogP contribution in [-0.2, 0) is 0 Å². The van der Waals surface area contributed by atoms with Gasteiger partial charge in [-0.25, -0.2) is 4.98 Å². The normalized spacial score (nSPS) is 10.2. The van der Waals surface area contributed by atoms with E-state index in [1.54, 1.807) is 12.1 Å². The van der Waals surface area contributed by atoms with Gasteiger partial charge in [0, 0.05) is 5.02 Å². The quantitative estimate of drug-likeness (QED) is 0.775. The average molecular weight is 220 g/mol. The number of nitrogen functional groups attached to an aromatic ring is 2. The maximum Gasteiger partial charge on any atom is 0.126 e. The van der Waals surface area contributed by atoms with Crippen LogP contribution in [0.15, 0.2) is 36.4 Å². The molecule has 0 bridgehead atoms. The maximum absolute atomic E-state index is 5.80. The van der Waals surface area contributed by atoms with Gasteiger partial charge in [0.2, 0.25) is 0 Å². The van der Waals surface area contributed by atoms with Crippen molar-refractivity contribution in [1.82, 2.24) is 4.98 Å². The van der Waals surface area contributed by atoms with Crippen molar-refractivity contribution in [2.24, 2.45) is 0 Å². The molecule has 3 nitrogen and oxygen atoms in total. The zero-order chi connectivity index (χ0) is 10.8. The van der Waals surface area contributed by atoms with E-state index in [2.05, 4.69) is 4.98 Å². The molecule has 2 rings (SSSR count). The zero-order valence-corrected chi connectivity index (χ0v) is 8.70. The van der Waals surface area contributed by atoms with Crippen LogP contribution in [0.5, 0.6) is 0 Å². The molecule has 0 atom stereocenters. The fourth-order valence-electron chi connectivity index (χ4n) is 1.38. The second-order valence-electron chi connectivity index (χ2n) is 3.21. The minimum Gasteiger partial charge on any atom is -0.384 e. The summed E-state index contributed by atoms with van der Waals surface area (Å²) in [5.41, 5.74) is 13.2. The van der Waals surface area contributed by atoms with Gasteiger partial charge in [-0.1, -0.05) is 23.7 Å². The first-order valence-electron chi connectivity index (χ1n) is 4.44. The lowest BCUT2D eigenvalue weighted by Gasteiger charge is -2.04. The summed E-state index contributed by atoms with van der Waals surface area (Å²) in [5, 5.41) is 0.703. The highest BCUT2D eigenvalue weighted by molar-refractivity contribution is 6.30. The minimum atomic E-state index is 0.417. The van der Waals surface area contributed by atoms with Gasteiger partial charge in [-0.15, -0.1) is 0 Å². The topological polar surface area (TPSA) is 64.9 Å². The van der Waals surface area contributed by atoms with Crippen LogP contribution >= 0.6 is 11.6 Å². The van der Waals surface area contributed by atoms with Gasteiger partial charge in [-0.2, -0.15) is 0 Å². The Morgan fingerprint density at radius 1 is 0.867 bits per heavy atom. The second-order valence-corrected chi connectivity index (χ2v) is 3.65. The first-order chi connectivity index (χ1) is 7.15. The van der Waals surface area contributed by atoms with Gasteiger partial charge in [0.05, 0.1) is 0 Å². The van der Waals surface area contributed by atoms with Crippen LogP contribution in [0.25, 0.3) is 11.1 Å². The highest BCUT2D eigenvalue weighted by atomic mass is 35.5. The van der Waals surface area contributed by atoms with Crippen molar-refractivity contribution in [3.8, 4) is 11.1 Å². The Kier molecular flexibility index (Phi) is 2.47. The molecule has 15 heavy (non-hydrogen) atoms. The van der Waals surface area contributed by atoms with Crippen LogP contribution in [-0.4, -0.2) is 4.98 Å². The Hall–Kier alpha value is -1.74. The molecule has 0 amide bonds. The molecule has 0 unspecified atom stereocenters. The van der Waals surface area contributed by atoms with E-state index in [-0.39, 0.29) is 0 Å². The third-order valence-corrected chi connectivity index (χ3v) is 2.29. The van der Waals surface area contributed by atoms with E-state index in [9.17, 15) is 0 Å². The van der Waals surface area contributed by atoms with Crippen LogP contribution in [0, 0.1) is 0 Å². The van der Waals surface area contributed by atoms with E-state index in [1.807, 2.05) is 24.3 Å². The molecule has 2 aromatic rings. The van der Waals surface area contributed by atoms with E-state index in [0.717, 1.165) is 11.1 Å². The van der Waals surface area contributed by atoms with Crippen LogP contribution < -0.4 is 11.5 Å². The molecule has 0 saturated heterocycles. The summed E-state index contributed by atoms with van der Waals surface area (Å²) >= 11 is 5.80. The highest BCUT2D eigenvalue weighted by Crippen LogP contribution is 2.24. The molecule has 0 saturated carbocycles. The summed E-state index contributed by atoms with van der Waals surface area (Å²) in [6, 6.07) is 11.0. The van der Waals surface area contributed by atoms with Crippen molar-refractivity contribution in [3.63, 3.8) is 0 Å². The summed E-state index contributed by atoms with van der Waals surface area (Å²) in [7, 11) is 0. The van der Waals surface area contributed by atoms with E-state index < -0.39 is 0 Å². The van der Waals surface area contributed by atoms with E-state index in [1.165, 1.54) is 0 Å². The lowest BCUT2D eigenvalue weighted by molar-refractivity contribution is 1.34. The van der Waals surface area contributed by atoms with E-state index in [4.69, 9.17) is 23.1 Å². The molecular weight excluding hydrogens is 210 g/mol. The van der Waals surface area contributed by atoms with Gasteiger partial charge in [0.15, 0.2) is 0 Å². The molecule has 76 valence electrons. The van der Waals surface area contributed by atoms with Crippen LogP contribution in [0.1, 0.15) is 0 Å². The summed E-state index contributed by atoms with van der Waals surface area (Å²) in [5.74, 6) is 0.833. The lowest BCUT2D eigenvalue weighted by Crippen LogP contribution is -1.96. The summed E-state index contributed by atoms with van der Waals surface area (Å²) in [4.78, 5) is 3.91. The number of halogens is 1. The van der Waals surface area contributed by atoms with Gasteiger partial charge in [-0.05, 0) is 35.4 Å². The van der Waals surface area contributed by atoms with Crippen LogP contribution in [0.2, 0.25) is 5.02 Å². The molecule has 1 aromatic carbocycles. The summed E-state index contributed by atoms with van der Waals surface area (Å²) in [6.07, 6.45) is 0. The maximum atomic E-state index is 5.80. The Balaban J connectivity index is 2.49. The number of pyridine rings is 1. The van der Waals surface area contributed by atoms with Gasteiger partial charge in [0.1, 0.15) is 11.6 Å². The Morgan fingerprint density at radius 2 is 1.40 bits per heavy atom. The molecule has 0 aliphatic heterocycles. The molecule has 0 fully saturated rings. The van der Waals surface area contributed by atoms with E-state index in [0.29, 0.717) is 16.7 Å². The number of anilines is 2. The predicted molar refractivity (Wildman–Crippen MR) is 63.5 cm³/mol. The average Bonchev–Trinajstić information content (AvgIpc) is 2.17. The number of hydrogen-bond acceptors (Lipinski definition) is 3. The summed E-state index contributed by atoms with van der Waals surface area (Å²) in [6.45, 7) is 0. The molecule has 0 aliphatic carbocycles. The fourth-order valence-corrected chi connectivity index (χ4v) is 1.51. The number of aromatic nitrogens is 1. The smallest absolute Gasteiger partial charge is 0.126 e. The first-order valence-corrected chi connectivity index (χ1v) is 4.82. The van der Waals surface area contributed by atoms with Crippen molar-refractivity contribution < 1.29 is 0 Å². The molecule has 1 heterocycles. The van der Waals surface area contributed by atoms with Crippen molar-refractivity contribution in [3.05, 3.63) is 41.4 Å². The van der Waals surface area contributed by atoms with Gasteiger partial charge in [-0.3, -0.25) is 0 Å². The fraction of sp³-hybridized carbons (Fsp3) is 0. The number of nitrogens with zero attached hydrogens (tertiary/aromatic N) is 1. The van der Waals surface area contributed by atoms with Crippen molar-refractivity contribution in [2.45, 2.75) is 0 Å². The minimum absolute atomic E-state index is 0.417. The molecule has 1 aromatic heterocycles. The number of hydrogen-bond donors (Lipinski definition) is 2. The predicted octanol–water partition coefficient (Wildman–Crippen LogP) is 2.57. The van der Waals surface area contributed by atoms with Gasteiger partial charge in [0.25, 0.3) is 0 Å². The summed E-state index contributed by atoms with van der Waals surface area (Å²) < 4.78 is 0. The molecule has 4 N–H and O–H groups in total. The third kappa shape index (κ3) is 2.19. The zero-order valence-electron chi connectivity index (χ0n) is 7.94. The lowest BCUT2D eigenvalue weighted by atomic mass is 10.1. The number of nitrogens with two attached hydrogens (primary N) is 2. The first kappa shape index (κ1) is 9.80. The van der Waals surface area contributed by atoms with Crippen molar-refractivity contribution >= 4 is 23.2 Å². The Bertz CT molecular complexity index is 459. The number of benzene rings is 1. The number of rotatable bonds is 1. The van der Waals surface area contributed by atoms with Crippen molar-refractivity contribution in [2.75, 3.05) is 11.5 Å². The molecule has 0 spiro atoms. The van der Waals surface area contributed by atoms with Crippen molar-refractivity contribution in [1.29, 1.82) is 0 Å². The Morgan fingerprint density at radius 3 is 1.93 bits per heavy atom. The molecule has 0 aliphatic rings. The Labute approximate surface area is 92.7 Å². The third-order valence-electron chi connectivity index (χ3n) is 2.04. The van der Waals surface area contributed by atoms with Crippen LogP contribution in [0.4, 0.5) is 11.6 Å².